The fourth-order valence-corrected chi connectivity index (χ4v) is 12.0. The van der Waals surface area contributed by atoms with Crippen molar-refractivity contribution in [3.8, 4) is 0 Å². The molecule has 0 aromatic heterocycles. The molecule has 0 radical (unpaired) electrons. The molecule has 0 amide bonds. The van der Waals surface area contributed by atoms with Crippen molar-refractivity contribution in [1.82, 2.24) is 0 Å². The zero-order valence-corrected chi connectivity index (χ0v) is 26.3. The molecule has 2 unspecified atom stereocenters. The Labute approximate surface area is 239 Å². The van der Waals surface area contributed by atoms with Crippen molar-refractivity contribution in [2.75, 3.05) is 0 Å². The van der Waals surface area contributed by atoms with Crippen molar-refractivity contribution in [2.45, 2.75) is 157 Å². The monoisotopic (exact) mass is 538 g/mol. The maximum Gasteiger partial charge on any atom is 0.312 e. The summed E-state index contributed by atoms with van der Waals surface area (Å²) in [5.74, 6) is 1.84. The van der Waals surface area contributed by atoms with E-state index >= 15 is 0 Å². The Kier molecular flexibility index (Phi) is 6.59. The Morgan fingerprint density at radius 1 is 0.821 bits per heavy atom. The van der Waals surface area contributed by atoms with Crippen LogP contribution in [0.5, 0.6) is 0 Å². The van der Waals surface area contributed by atoms with Gasteiger partial charge < -0.3 is 9.84 Å². The van der Waals surface area contributed by atoms with Crippen LogP contribution in [0.15, 0.2) is 11.6 Å². The lowest BCUT2D eigenvalue weighted by molar-refractivity contribution is -0.203. The smallest absolute Gasteiger partial charge is 0.312 e. The SMILES string of the molecule is CC1(C)C2CC[C@]3(C)C(CC=C4[C@@H]5C[C@@](C)(C(=O)OC6CCCCC6)CC[C@]5(C)CC[C@]43C)[C@@]2(C)CC[C@@H]1O. The number of rotatable bonds is 2. The molecule has 3 heteroatoms. The molecule has 0 aliphatic heterocycles. The number of esters is 1. The van der Waals surface area contributed by atoms with Crippen LogP contribution >= 0.6 is 0 Å². The molecule has 0 saturated heterocycles. The summed E-state index contributed by atoms with van der Waals surface area (Å²) in [6.07, 6.45) is 19.9. The Bertz CT molecular complexity index is 1020. The summed E-state index contributed by atoms with van der Waals surface area (Å²) in [6.45, 7) is 17.4. The number of allylic oxidation sites excluding steroid dienone is 2. The molecule has 6 rings (SSSR count). The fraction of sp³-hybridized carbons (Fsp3) is 0.917. The topological polar surface area (TPSA) is 46.5 Å². The fourth-order valence-electron chi connectivity index (χ4n) is 12.0. The first-order valence-electron chi connectivity index (χ1n) is 16.8. The minimum Gasteiger partial charge on any atom is -0.462 e. The van der Waals surface area contributed by atoms with Gasteiger partial charge in [0.2, 0.25) is 0 Å². The van der Waals surface area contributed by atoms with E-state index in [1.54, 1.807) is 5.57 Å². The van der Waals surface area contributed by atoms with E-state index in [-0.39, 0.29) is 45.3 Å². The van der Waals surface area contributed by atoms with Gasteiger partial charge in [-0.2, -0.15) is 0 Å². The molecule has 0 spiro atoms. The van der Waals surface area contributed by atoms with E-state index in [0.717, 1.165) is 44.9 Å². The van der Waals surface area contributed by atoms with Gasteiger partial charge in [-0.25, -0.2) is 0 Å². The molecule has 9 atom stereocenters. The van der Waals surface area contributed by atoms with Gasteiger partial charge in [0.25, 0.3) is 0 Å². The van der Waals surface area contributed by atoms with E-state index in [4.69, 9.17) is 4.74 Å². The summed E-state index contributed by atoms with van der Waals surface area (Å²) in [5.41, 5.74) is 2.41. The van der Waals surface area contributed by atoms with Crippen LogP contribution in [0.3, 0.4) is 0 Å². The minimum atomic E-state index is -0.356. The van der Waals surface area contributed by atoms with Gasteiger partial charge in [-0.15, -0.1) is 0 Å². The molecule has 6 aliphatic carbocycles. The van der Waals surface area contributed by atoms with E-state index < -0.39 is 0 Å². The number of aliphatic hydroxyl groups is 1. The normalized spacial score (nSPS) is 51.4. The lowest BCUT2D eigenvalue weighted by atomic mass is 9.33. The summed E-state index contributed by atoms with van der Waals surface area (Å²) in [4.78, 5) is 13.7. The molecule has 0 bridgehead atoms. The average Bonchev–Trinajstić information content (AvgIpc) is 2.88. The summed E-state index contributed by atoms with van der Waals surface area (Å²) in [6, 6.07) is 0. The van der Waals surface area contributed by atoms with Crippen LogP contribution in [0, 0.1) is 50.2 Å². The van der Waals surface area contributed by atoms with Crippen LogP contribution in [0.2, 0.25) is 0 Å². The van der Waals surface area contributed by atoms with E-state index in [1.165, 1.54) is 51.4 Å². The first kappa shape index (κ1) is 28.3. The van der Waals surface area contributed by atoms with Gasteiger partial charge in [-0.05, 0) is 142 Å². The van der Waals surface area contributed by atoms with Crippen molar-refractivity contribution in [3.05, 3.63) is 11.6 Å². The molecule has 220 valence electrons. The molecule has 0 aromatic carbocycles. The summed E-state index contributed by atoms with van der Waals surface area (Å²) < 4.78 is 6.24. The van der Waals surface area contributed by atoms with Crippen molar-refractivity contribution >= 4 is 5.97 Å². The molecule has 0 aromatic rings. The first-order valence-corrected chi connectivity index (χ1v) is 16.8. The van der Waals surface area contributed by atoms with Gasteiger partial charge >= 0.3 is 5.97 Å². The lowest BCUT2D eigenvalue weighted by Gasteiger charge is -2.71. The van der Waals surface area contributed by atoms with Gasteiger partial charge in [-0.1, -0.05) is 59.6 Å². The van der Waals surface area contributed by atoms with Crippen molar-refractivity contribution in [3.63, 3.8) is 0 Å². The molecule has 5 fully saturated rings. The molecule has 1 N–H and O–H groups in total. The van der Waals surface area contributed by atoms with Crippen LogP contribution in [0.1, 0.15) is 145 Å². The van der Waals surface area contributed by atoms with Gasteiger partial charge in [0.1, 0.15) is 6.10 Å². The zero-order chi connectivity index (χ0) is 28.1. The van der Waals surface area contributed by atoms with Gasteiger partial charge in [-0.3, -0.25) is 4.79 Å². The molecule has 6 aliphatic rings. The van der Waals surface area contributed by atoms with Crippen LogP contribution in [0.4, 0.5) is 0 Å². The van der Waals surface area contributed by atoms with Gasteiger partial charge in [0, 0.05) is 0 Å². The second kappa shape index (κ2) is 9.08. The number of carbonyl (C=O) groups is 1. The minimum absolute atomic E-state index is 0.00571. The number of fused-ring (bicyclic) bond motifs is 7. The Morgan fingerprint density at radius 2 is 1.51 bits per heavy atom. The van der Waals surface area contributed by atoms with Crippen LogP contribution < -0.4 is 0 Å². The average molecular weight is 539 g/mol. The molecular weight excluding hydrogens is 480 g/mol. The Morgan fingerprint density at radius 3 is 2.23 bits per heavy atom. The molecule has 3 nitrogen and oxygen atoms in total. The second-order valence-electron chi connectivity index (χ2n) is 17.3. The second-order valence-corrected chi connectivity index (χ2v) is 17.3. The zero-order valence-electron chi connectivity index (χ0n) is 26.3. The number of hydrogen-bond acceptors (Lipinski definition) is 3. The standard InChI is InChI=1S/C36H58O3/c1-31(2)27-15-18-36(7)28(34(27,5)17-16-29(31)37)14-13-25-26-23-33(4,30(38)39-24-11-9-8-10-12-24)20-19-32(26,3)21-22-35(25,36)6/h13,24,26-29,37H,8-12,14-23H2,1-7H3/t26-,27?,28?,29-,32+,33-,34-,35+,36+/m0/s1. The predicted octanol–water partition coefficient (Wildman–Crippen LogP) is 9.02. The van der Waals surface area contributed by atoms with Gasteiger partial charge in [0.15, 0.2) is 0 Å². The van der Waals surface area contributed by atoms with Crippen LogP contribution in [0.25, 0.3) is 0 Å². The lowest BCUT2D eigenvalue weighted by Crippen LogP contribution is -2.64. The number of ether oxygens (including phenoxy) is 1. The van der Waals surface area contributed by atoms with E-state index in [0.29, 0.717) is 23.2 Å². The van der Waals surface area contributed by atoms with E-state index in [1.807, 2.05) is 0 Å². The third kappa shape index (κ3) is 3.93. The van der Waals surface area contributed by atoms with E-state index in [9.17, 15) is 9.90 Å². The summed E-state index contributed by atoms with van der Waals surface area (Å²) >= 11 is 0. The van der Waals surface area contributed by atoms with Gasteiger partial charge in [0.05, 0.1) is 11.5 Å². The van der Waals surface area contributed by atoms with Crippen molar-refractivity contribution in [1.29, 1.82) is 0 Å². The highest BCUT2D eigenvalue weighted by Crippen LogP contribution is 2.75. The van der Waals surface area contributed by atoms with Crippen molar-refractivity contribution < 1.29 is 14.6 Å². The number of aliphatic hydroxyl groups excluding tert-OH is 1. The highest BCUT2D eigenvalue weighted by Gasteiger charge is 2.68. The Balaban J connectivity index is 1.31. The van der Waals surface area contributed by atoms with Crippen molar-refractivity contribution in [2.24, 2.45) is 50.2 Å². The predicted molar refractivity (Wildman–Crippen MR) is 158 cm³/mol. The van der Waals surface area contributed by atoms with Crippen LogP contribution in [-0.4, -0.2) is 23.3 Å². The third-order valence-electron chi connectivity index (χ3n) is 15.1. The Hall–Kier alpha value is -0.830. The maximum absolute atomic E-state index is 13.7. The largest absolute Gasteiger partial charge is 0.462 e. The maximum atomic E-state index is 13.7. The highest BCUT2D eigenvalue weighted by atomic mass is 16.5. The molecule has 39 heavy (non-hydrogen) atoms. The molecule has 0 heterocycles. The number of hydrogen-bond donors (Lipinski definition) is 1. The summed E-state index contributed by atoms with van der Waals surface area (Å²) in [5, 5.41) is 11.0. The first-order chi connectivity index (χ1) is 18.2. The number of carbonyl (C=O) groups excluding carboxylic acids is 1. The summed E-state index contributed by atoms with van der Waals surface area (Å²) in [7, 11) is 0. The highest BCUT2D eigenvalue weighted by molar-refractivity contribution is 5.77. The third-order valence-corrected chi connectivity index (χ3v) is 15.1. The molecular formula is C36H58O3. The quantitative estimate of drug-likeness (QED) is 0.282. The van der Waals surface area contributed by atoms with E-state index in [2.05, 4.69) is 54.5 Å². The van der Waals surface area contributed by atoms with Crippen LogP contribution in [-0.2, 0) is 9.53 Å². The molecule has 5 saturated carbocycles.